The molecular weight excluding hydrogens is 284 g/mol. The Labute approximate surface area is 128 Å². The van der Waals surface area contributed by atoms with Crippen molar-refractivity contribution in [2.45, 2.75) is 31.7 Å². The van der Waals surface area contributed by atoms with E-state index < -0.39 is 12.0 Å². The van der Waals surface area contributed by atoms with Gasteiger partial charge >= 0.3 is 5.97 Å². The number of aliphatic carboxylic acids is 1. The van der Waals surface area contributed by atoms with Crippen molar-refractivity contribution in [1.82, 2.24) is 20.0 Å². The second kappa shape index (κ2) is 6.23. The first kappa shape index (κ1) is 14.6. The molecule has 116 valence electrons. The molecule has 3 rings (SSSR count). The van der Waals surface area contributed by atoms with Crippen LogP contribution in [-0.2, 0) is 4.79 Å². The lowest BCUT2D eigenvalue weighted by atomic mass is 9.96. The molecule has 1 unspecified atom stereocenters. The van der Waals surface area contributed by atoms with Crippen molar-refractivity contribution in [3.63, 3.8) is 0 Å². The topological polar surface area (TPSA) is 92.3 Å². The molecule has 0 amide bonds. The van der Waals surface area contributed by atoms with Gasteiger partial charge in [-0.3, -0.25) is 14.7 Å². The van der Waals surface area contributed by atoms with Crippen molar-refractivity contribution in [2.75, 3.05) is 13.1 Å². The minimum atomic E-state index is -0.784. The molecular formula is C15H18N4O3. The highest BCUT2D eigenvalue weighted by Crippen LogP contribution is 2.28. The zero-order valence-electron chi connectivity index (χ0n) is 12.3. The molecule has 1 N–H and O–H groups in total. The van der Waals surface area contributed by atoms with E-state index in [1.807, 2.05) is 23.1 Å². The molecule has 7 nitrogen and oxygen atoms in total. The summed E-state index contributed by atoms with van der Waals surface area (Å²) in [6, 6.07) is 5.10. The second-order valence-corrected chi connectivity index (χ2v) is 5.50. The standard InChI is InChI=1S/C15H18N4O3/c1-10(15(20)21)19-8-5-11(6-9-19)14-17-13(18-22-14)12-4-2-3-7-16-12/h2-4,7,10-11H,5-6,8-9H2,1H3,(H,20,21). The Balaban J connectivity index is 1.65. The largest absolute Gasteiger partial charge is 0.480 e. The average molecular weight is 302 g/mol. The van der Waals surface area contributed by atoms with Crippen LogP contribution in [0, 0.1) is 0 Å². The molecule has 0 saturated carbocycles. The van der Waals surface area contributed by atoms with Crippen LogP contribution in [-0.4, -0.2) is 50.2 Å². The number of hydrogen-bond donors (Lipinski definition) is 1. The average Bonchev–Trinajstić information content (AvgIpc) is 3.05. The fraction of sp³-hybridized carbons (Fsp3) is 0.467. The van der Waals surface area contributed by atoms with Crippen LogP contribution >= 0.6 is 0 Å². The van der Waals surface area contributed by atoms with Gasteiger partial charge in [0.2, 0.25) is 11.7 Å². The third-order valence-electron chi connectivity index (χ3n) is 4.12. The van der Waals surface area contributed by atoms with Gasteiger partial charge in [-0.15, -0.1) is 0 Å². The van der Waals surface area contributed by atoms with Crippen molar-refractivity contribution in [3.05, 3.63) is 30.3 Å². The quantitative estimate of drug-likeness (QED) is 0.920. The molecule has 2 aromatic heterocycles. The van der Waals surface area contributed by atoms with Gasteiger partial charge < -0.3 is 9.63 Å². The molecule has 1 aliphatic heterocycles. The predicted octanol–water partition coefficient (Wildman–Crippen LogP) is 1.78. The van der Waals surface area contributed by atoms with Crippen molar-refractivity contribution < 1.29 is 14.4 Å². The number of carboxylic acid groups (broad SMARTS) is 1. The number of likely N-dealkylation sites (tertiary alicyclic amines) is 1. The fourth-order valence-corrected chi connectivity index (χ4v) is 2.69. The van der Waals surface area contributed by atoms with Crippen LogP contribution in [0.1, 0.15) is 31.6 Å². The number of pyridine rings is 1. The molecule has 0 aromatic carbocycles. The number of rotatable bonds is 4. The fourth-order valence-electron chi connectivity index (χ4n) is 2.69. The number of nitrogens with zero attached hydrogens (tertiary/aromatic N) is 4. The Bertz CT molecular complexity index is 635. The molecule has 0 spiro atoms. The summed E-state index contributed by atoms with van der Waals surface area (Å²) in [5.41, 5.74) is 0.689. The van der Waals surface area contributed by atoms with Crippen molar-refractivity contribution in [2.24, 2.45) is 0 Å². The highest BCUT2D eigenvalue weighted by molar-refractivity contribution is 5.72. The first-order valence-corrected chi connectivity index (χ1v) is 7.37. The maximum atomic E-state index is 11.0. The Morgan fingerprint density at radius 2 is 2.18 bits per heavy atom. The summed E-state index contributed by atoms with van der Waals surface area (Å²) in [6.07, 6.45) is 3.33. The van der Waals surface area contributed by atoms with Crippen LogP contribution in [0.2, 0.25) is 0 Å². The summed E-state index contributed by atoms with van der Waals surface area (Å²) in [7, 11) is 0. The highest BCUT2D eigenvalue weighted by Gasteiger charge is 2.29. The molecule has 0 aliphatic carbocycles. The summed E-state index contributed by atoms with van der Waals surface area (Å²) in [5.74, 6) is 0.510. The molecule has 1 fully saturated rings. The van der Waals surface area contributed by atoms with Crippen molar-refractivity contribution in [1.29, 1.82) is 0 Å². The van der Waals surface area contributed by atoms with E-state index in [0.717, 1.165) is 25.9 Å². The van der Waals surface area contributed by atoms with Crippen molar-refractivity contribution >= 4 is 5.97 Å². The summed E-state index contributed by atoms with van der Waals surface area (Å²) >= 11 is 0. The van der Waals surface area contributed by atoms with Gasteiger partial charge in [-0.05, 0) is 45.0 Å². The Morgan fingerprint density at radius 3 is 2.82 bits per heavy atom. The van der Waals surface area contributed by atoms with Crippen LogP contribution in [0.4, 0.5) is 0 Å². The number of hydrogen-bond acceptors (Lipinski definition) is 6. The summed E-state index contributed by atoms with van der Waals surface area (Å²) in [4.78, 5) is 21.6. The van der Waals surface area contributed by atoms with E-state index in [4.69, 9.17) is 9.63 Å². The number of carbonyl (C=O) groups is 1. The van der Waals surface area contributed by atoms with Gasteiger partial charge in [-0.1, -0.05) is 11.2 Å². The van der Waals surface area contributed by atoms with E-state index in [0.29, 0.717) is 17.4 Å². The molecule has 1 saturated heterocycles. The lowest BCUT2D eigenvalue weighted by molar-refractivity contribution is -0.143. The van der Waals surface area contributed by atoms with E-state index in [-0.39, 0.29) is 5.92 Å². The third-order valence-corrected chi connectivity index (χ3v) is 4.12. The van der Waals surface area contributed by atoms with Gasteiger partial charge in [0.1, 0.15) is 11.7 Å². The smallest absolute Gasteiger partial charge is 0.320 e. The maximum absolute atomic E-state index is 11.0. The minimum Gasteiger partial charge on any atom is -0.480 e. The van der Waals surface area contributed by atoms with Gasteiger partial charge in [0.15, 0.2) is 0 Å². The van der Waals surface area contributed by atoms with Gasteiger partial charge in [0.05, 0.1) is 0 Å². The van der Waals surface area contributed by atoms with E-state index in [2.05, 4.69) is 15.1 Å². The minimum absolute atomic E-state index is 0.183. The molecule has 2 aromatic rings. The monoisotopic (exact) mass is 302 g/mol. The highest BCUT2D eigenvalue weighted by atomic mass is 16.5. The maximum Gasteiger partial charge on any atom is 0.320 e. The zero-order chi connectivity index (χ0) is 15.5. The van der Waals surface area contributed by atoms with E-state index in [1.165, 1.54) is 0 Å². The lowest BCUT2D eigenvalue weighted by Crippen LogP contribution is -2.43. The van der Waals surface area contributed by atoms with Crippen LogP contribution < -0.4 is 0 Å². The third kappa shape index (κ3) is 2.99. The van der Waals surface area contributed by atoms with E-state index in [1.54, 1.807) is 13.1 Å². The lowest BCUT2D eigenvalue weighted by Gasteiger charge is -2.32. The van der Waals surface area contributed by atoms with Gasteiger partial charge in [-0.2, -0.15) is 4.98 Å². The summed E-state index contributed by atoms with van der Waals surface area (Å²) < 4.78 is 5.37. The Hall–Kier alpha value is -2.28. The Kier molecular flexibility index (Phi) is 4.15. The zero-order valence-corrected chi connectivity index (χ0v) is 12.3. The normalized spacial score (nSPS) is 18.2. The van der Waals surface area contributed by atoms with Crippen molar-refractivity contribution in [3.8, 4) is 11.5 Å². The first-order chi connectivity index (χ1) is 10.6. The molecule has 0 radical (unpaired) electrons. The van der Waals surface area contributed by atoms with Gasteiger partial charge in [-0.25, -0.2) is 0 Å². The predicted molar refractivity (Wildman–Crippen MR) is 78.2 cm³/mol. The van der Waals surface area contributed by atoms with Gasteiger partial charge in [0.25, 0.3) is 0 Å². The van der Waals surface area contributed by atoms with Crippen LogP contribution in [0.25, 0.3) is 11.5 Å². The number of carboxylic acids is 1. The SMILES string of the molecule is CC(C(=O)O)N1CCC(c2nc(-c3ccccn3)no2)CC1. The summed E-state index contributed by atoms with van der Waals surface area (Å²) in [6.45, 7) is 3.16. The molecule has 3 heterocycles. The molecule has 7 heteroatoms. The number of aromatic nitrogens is 3. The molecule has 22 heavy (non-hydrogen) atoms. The van der Waals surface area contributed by atoms with Crippen LogP contribution in [0.5, 0.6) is 0 Å². The van der Waals surface area contributed by atoms with Gasteiger partial charge in [0, 0.05) is 12.1 Å². The second-order valence-electron chi connectivity index (χ2n) is 5.50. The van der Waals surface area contributed by atoms with Crippen LogP contribution in [0.15, 0.2) is 28.9 Å². The van der Waals surface area contributed by atoms with Crippen LogP contribution in [0.3, 0.4) is 0 Å². The molecule has 0 bridgehead atoms. The van der Waals surface area contributed by atoms with E-state index in [9.17, 15) is 4.79 Å². The first-order valence-electron chi connectivity index (χ1n) is 7.37. The van der Waals surface area contributed by atoms with E-state index >= 15 is 0 Å². The number of piperidine rings is 1. The Morgan fingerprint density at radius 1 is 1.41 bits per heavy atom. The summed E-state index contributed by atoms with van der Waals surface area (Å²) in [5, 5.41) is 13.0. The molecule has 1 aliphatic rings. The molecule has 1 atom stereocenters.